The average Bonchev–Trinajstić information content (AvgIpc) is 2.73. The Bertz CT molecular complexity index is 837. The van der Waals surface area contributed by atoms with Gasteiger partial charge in [-0.05, 0) is 30.5 Å². The molecule has 2 fully saturated rings. The molecule has 166 valence electrons. The predicted octanol–water partition coefficient (Wildman–Crippen LogP) is -0.0124. The Morgan fingerprint density at radius 3 is 1.65 bits per heavy atom. The normalized spacial score (nSPS) is 26.6. The van der Waals surface area contributed by atoms with E-state index >= 15 is 0 Å². The van der Waals surface area contributed by atoms with Crippen LogP contribution in [0.4, 0.5) is 23.5 Å². The van der Waals surface area contributed by atoms with Crippen molar-refractivity contribution in [2.45, 2.75) is 37.0 Å². The summed E-state index contributed by atoms with van der Waals surface area (Å²) >= 11 is 0. The molecule has 2 aromatic rings. The molecular weight excluding hydrogens is 392 g/mol. The van der Waals surface area contributed by atoms with Crippen molar-refractivity contribution in [3.63, 3.8) is 0 Å². The lowest BCUT2D eigenvalue weighted by molar-refractivity contribution is 0.441. The third-order valence-corrected chi connectivity index (χ3v) is 5.61. The quantitative estimate of drug-likeness (QED) is 0.441. The zero-order valence-electron chi connectivity index (χ0n) is 17.7. The molecule has 10 nitrogen and oxygen atoms in total. The molecule has 0 amide bonds. The molecule has 9 N–H and O–H groups in total. The van der Waals surface area contributed by atoms with Crippen LogP contribution in [-0.4, -0.2) is 65.3 Å². The summed E-state index contributed by atoms with van der Waals surface area (Å²) < 4.78 is 0. The van der Waals surface area contributed by atoms with E-state index in [0.29, 0.717) is 44.0 Å². The molecule has 4 unspecified atom stereocenters. The Balaban J connectivity index is 1.66. The van der Waals surface area contributed by atoms with E-state index in [1.54, 1.807) is 6.08 Å². The maximum absolute atomic E-state index is 6.20. The van der Waals surface area contributed by atoms with Crippen molar-refractivity contribution in [2.24, 2.45) is 22.9 Å². The van der Waals surface area contributed by atoms with Gasteiger partial charge in [0.05, 0.1) is 0 Å². The molecule has 0 radical (unpaired) electrons. The number of nitrogens with two attached hydrogens (primary N) is 4. The minimum absolute atomic E-state index is 0.0244. The fourth-order valence-electron chi connectivity index (χ4n) is 4.21. The molecule has 3 heterocycles. The van der Waals surface area contributed by atoms with E-state index in [2.05, 4.69) is 21.9 Å². The molecule has 0 spiro atoms. The maximum Gasteiger partial charge on any atom is 0.233 e. The summed E-state index contributed by atoms with van der Waals surface area (Å²) in [7, 11) is 0. The highest BCUT2D eigenvalue weighted by Gasteiger charge is 2.28. The molecule has 2 aliphatic rings. The summed E-state index contributed by atoms with van der Waals surface area (Å²) in [6.45, 7) is 6.36. The van der Waals surface area contributed by atoms with Crippen molar-refractivity contribution < 1.29 is 0 Å². The zero-order chi connectivity index (χ0) is 22.0. The Labute approximate surface area is 182 Å². The number of anilines is 4. The van der Waals surface area contributed by atoms with E-state index in [4.69, 9.17) is 27.9 Å². The first-order chi connectivity index (χ1) is 14.9. The number of nitrogens with one attached hydrogen (secondary N) is 1. The van der Waals surface area contributed by atoms with Crippen LogP contribution < -0.4 is 38.1 Å². The van der Waals surface area contributed by atoms with Gasteiger partial charge in [0.1, 0.15) is 0 Å². The van der Waals surface area contributed by atoms with Gasteiger partial charge in [-0.3, -0.25) is 0 Å². The molecule has 2 aliphatic heterocycles. The van der Waals surface area contributed by atoms with Crippen molar-refractivity contribution in [1.82, 2.24) is 15.0 Å². The third kappa shape index (κ3) is 5.28. The molecule has 4 rings (SSSR count). The van der Waals surface area contributed by atoms with E-state index in [1.165, 1.54) is 0 Å². The fourth-order valence-corrected chi connectivity index (χ4v) is 4.21. The number of piperidine rings is 2. The summed E-state index contributed by atoms with van der Waals surface area (Å²) in [5.74, 6) is 1.55. The Morgan fingerprint density at radius 1 is 0.774 bits per heavy atom. The third-order valence-electron chi connectivity index (χ3n) is 5.61. The summed E-state index contributed by atoms with van der Waals surface area (Å²) in [5, 5.41) is 3.28. The molecule has 4 atom stereocenters. The topological polar surface area (TPSA) is 161 Å². The van der Waals surface area contributed by atoms with Crippen molar-refractivity contribution in [3.05, 3.63) is 36.4 Å². The van der Waals surface area contributed by atoms with Crippen molar-refractivity contribution in [1.29, 1.82) is 0 Å². The van der Waals surface area contributed by atoms with Gasteiger partial charge in [-0.25, -0.2) is 0 Å². The van der Waals surface area contributed by atoms with E-state index < -0.39 is 0 Å². The molecular formula is C21H32N10. The van der Waals surface area contributed by atoms with E-state index in [0.717, 1.165) is 24.1 Å². The van der Waals surface area contributed by atoms with Gasteiger partial charge in [-0.2, -0.15) is 15.0 Å². The highest BCUT2D eigenvalue weighted by atomic mass is 15.4. The van der Waals surface area contributed by atoms with Crippen LogP contribution in [0.15, 0.2) is 30.8 Å². The van der Waals surface area contributed by atoms with Gasteiger partial charge in [0.25, 0.3) is 0 Å². The second-order valence-electron chi connectivity index (χ2n) is 8.53. The van der Waals surface area contributed by atoms with Crippen LogP contribution >= 0.6 is 0 Å². The van der Waals surface area contributed by atoms with Gasteiger partial charge in [0.2, 0.25) is 17.8 Å². The van der Waals surface area contributed by atoms with Crippen molar-refractivity contribution >= 4 is 29.6 Å². The highest BCUT2D eigenvalue weighted by Crippen LogP contribution is 2.24. The summed E-state index contributed by atoms with van der Waals surface area (Å²) in [5.41, 5.74) is 26.7. The molecule has 0 bridgehead atoms. The lowest BCUT2D eigenvalue weighted by Gasteiger charge is -2.37. The number of nitrogens with zero attached hydrogens (tertiary/aromatic N) is 5. The summed E-state index contributed by atoms with van der Waals surface area (Å²) in [6, 6.07) is 7.77. The van der Waals surface area contributed by atoms with Gasteiger partial charge in [-0.15, -0.1) is 0 Å². The van der Waals surface area contributed by atoms with E-state index in [-0.39, 0.29) is 24.2 Å². The van der Waals surface area contributed by atoms with Gasteiger partial charge in [0, 0.05) is 56.0 Å². The Kier molecular flexibility index (Phi) is 6.33. The summed E-state index contributed by atoms with van der Waals surface area (Å²) in [6.07, 6.45) is 3.37. The van der Waals surface area contributed by atoms with Gasteiger partial charge >= 0.3 is 0 Å². The van der Waals surface area contributed by atoms with Crippen LogP contribution in [0, 0.1) is 0 Å². The van der Waals surface area contributed by atoms with Crippen LogP contribution in [-0.2, 0) is 0 Å². The predicted molar refractivity (Wildman–Crippen MR) is 125 cm³/mol. The van der Waals surface area contributed by atoms with Crippen LogP contribution in [0.2, 0.25) is 0 Å². The molecule has 1 aromatic heterocycles. The minimum atomic E-state index is -0.0244. The smallest absolute Gasteiger partial charge is 0.233 e. The first-order valence-electron chi connectivity index (χ1n) is 10.7. The second-order valence-corrected chi connectivity index (χ2v) is 8.53. The SMILES string of the molecule is C=Cc1ccc(Nc2nc(N3CC(N)CC(N)C3)nc(N3CC(N)CC(N)C3)n2)cc1. The molecule has 0 aliphatic carbocycles. The van der Waals surface area contributed by atoms with Crippen LogP contribution in [0.1, 0.15) is 18.4 Å². The van der Waals surface area contributed by atoms with E-state index in [1.807, 2.05) is 34.1 Å². The standard InChI is InChI=1S/C21H32N10/c1-2-13-3-5-18(6-4-13)26-19-27-20(30-9-14(22)7-15(23)10-30)29-21(28-19)31-11-16(24)8-17(25)12-31/h2-6,14-17H,1,7-12,22-25H2,(H,26,27,28,29). The molecule has 31 heavy (non-hydrogen) atoms. The van der Waals surface area contributed by atoms with Crippen molar-refractivity contribution in [3.8, 4) is 0 Å². The lowest BCUT2D eigenvalue weighted by Crippen LogP contribution is -2.54. The van der Waals surface area contributed by atoms with Gasteiger partial charge < -0.3 is 38.1 Å². The zero-order valence-corrected chi connectivity index (χ0v) is 17.7. The number of benzene rings is 1. The Morgan fingerprint density at radius 2 is 1.23 bits per heavy atom. The van der Waals surface area contributed by atoms with Crippen LogP contribution in [0.5, 0.6) is 0 Å². The number of aromatic nitrogens is 3. The second kappa shape index (κ2) is 9.15. The number of hydrogen-bond acceptors (Lipinski definition) is 10. The van der Waals surface area contributed by atoms with Crippen LogP contribution in [0.25, 0.3) is 6.08 Å². The molecule has 0 saturated carbocycles. The largest absolute Gasteiger partial charge is 0.338 e. The monoisotopic (exact) mass is 424 g/mol. The Hall–Kier alpha value is -2.79. The van der Waals surface area contributed by atoms with E-state index in [9.17, 15) is 0 Å². The average molecular weight is 425 g/mol. The number of hydrogen-bond donors (Lipinski definition) is 5. The highest BCUT2D eigenvalue weighted by molar-refractivity contribution is 5.59. The minimum Gasteiger partial charge on any atom is -0.338 e. The first kappa shape index (κ1) is 21.4. The van der Waals surface area contributed by atoms with Gasteiger partial charge in [-0.1, -0.05) is 24.8 Å². The molecule has 2 saturated heterocycles. The van der Waals surface area contributed by atoms with Crippen LogP contribution in [0.3, 0.4) is 0 Å². The van der Waals surface area contributed by atoms with Gasteiger partial charge in [0.15, 0.2) is 0 Å². The summed E-state index contributed by atoms with van der Waals surface area (Å²) in [4.78, 5) is 18.1. The van der Waals surface area contributed by atoms with Crippen molar-refractivity contribution in [2.75, 3.05) is 41.3 Å². The molecule has 1 aromatic carbocycles. The number of rotatable bonds is 5. The molecule has 10 heteroatoms. The fraction of sp³-hybridized carbons (Fsp3) is 0.476. The maximum atomic E-state index is 6.20. The lowest BCUT2D eigenvalue weighted by atomic mass is 10.0. The first-order valence-corrected chi connectivity index (χ1v) is 10.7.